The lowest BCUT2D eigenvalue weighted by atomic mass is 10.1. The van der Waals surface area contributed by atoms with Crippen molar-refractivity contribution in [2.75, 3.05) is 26.2 Å². The van der Waals surface area contributed by atoms with Crippen LogP contribution in [0.2, 0.25) is 0 Å². The minimum Gasteiger partial charge on any atom is -0.336 e. The van der Waals surface area contributed by atoms with Crippen LogP contribution in [0.4, 0.5) is 13.2 Å². The highest BCUT2D eigenvalue weighted by atomic mass is 32.2. The standard InChI is InChI=1S/C20H21F3N2O3S/c1-2-15-6-8-16(9-7-15)19(26)24-10-12-25(13-11-24)29(27,28)18-5-3-4-17(14-18)20(21,22)23/h3-9,14H,2,10-13H2,1H3. The van der Waals surface area contributed by atoms with Crippen molar-refractivity contribution in [3.63, 3.8) is 0 Å². The maximum atomic E-state index is 12.9. The van der Waals surface area contributed by atoms with E-state index in [1.165, 1.54) is 0 Å². The van der Waals surface area contributed by atoms with Crippen molar-refractivity contribution in [2.45, 2.75) is 24.4 Å². The molecule has 0 aromatic heterocycles. The molecule has 1 aliphatic rings. The first-order valence-electron chi connectivity index (χ1n) is 9.18. The van der Waals surface area contributed by atoms with E-state index in [1.54, 1.807) is 17.0 Å². The summed E-state index contributed by atoms with van der Waals surface area (Å²) in [6.45, 7) is 2.41. The molecule has 0 radical (unpaired) electrons. The Labute approximate surface area is 167 Å². The highest BCUT2D eigenvalue weighted by Gasteiger charge is 2.34. The third-order valence-electron chi connectivity index (χ3n) is 4.93. The SMILES string of the molecule is CCc1ccc(C(=O)N2CCN(S(=O)(=O)c3cccc(C(F)(F)F)c3)CC2)cc1. The van der Waals surface area contributed by atoms with Crippen molar-refractivity contribution in [3.05, 3.63) is 65.2 Å². The Hall–Kier alpha value is -2.39. The first kappa shape index (κ1) is 21.3. The monoisotopic (exact) mass is 426 g/mol. The van der Waals surface area contributed by atoms with Gasteiger partial charge in [-0.05, 0) is 42.3 Å². The number of hydrogen-bond donors (Lipinski definition) is 0. The molecule has 2 aromatic rings. The van der Waals surface area contributed by atoms with Gasteiger partial charge in [-0.15, -0.1) is 0 Å². The van der Waals surface area contributed by atoms with Crippen LogP contribution in [0.3, 0.4) is 0 Å². The number of amides is 1. The van der Waals surface area contributed by atoms with Crippen molar-refractivity contribution in [3.8, 4) is 0 Å². The van der Waals surface area contributed by atoms with E-state index in [1.807, 2.05) is 19.1 Å². The number of alkyl halides is 3. The molecule has 1 aliphatic heterocycles. The number of sulfonamides is 1. The highest BCUT2D eigenvalue weighted by Crippen LogP contribution is 2.31. The number of rotatable bonds is 4. The molecular formula is C20H21F3N2O3S. The molecule has 29 heavy (non-hydrogen) atoms. The summed E-state index contributed by atoms with van der Waals surface area (Å²) < 4.78 is 65.3. The Morgan fingerprint density at radius 3 is 2.17 bits per heavy atom. The number of nitrogens with zero attached hydrogens (tertiary/aromatic N) is 2. The topological polar surface area (TPSA) is 57.7 Å². The van der Waals surface area contributed by atoms with E-state index < -0.39 is 26.7 Å². The van der Waals surface area contributed by atoms with E-state index in [2.05, 4.69) is 0 Å². The Morgan fingerprint density at radius 1 is 1.00 bits per heavy atom. The van der Waals surface area contributed by atoms with Crippen LogP contribution in [0.25, 0.3) is 0 Å². The summed E-state index contributed by atoms with van der Waals surface area (Å²) in [6, 6.07) is 10.9. The number of hydrogen-bond acceptors (Lipinski definition) is 3. The summed E-state index contributed by atoms with van der Waals surface area (Å²) in [4.78, 5) is 13.8. The Bertz CT molecular complexity index is 981. The fourth-order valence-electron chi connectivity index (χ4n) is 3.18. The molecule has 0 aliphatic carbocycles. The molecule has 0 bridgehead atoms. The number of halogens is 3. The van der Waals surface area contributed by atoms with Gasteiger partial charge in [-0.3, -0.25) is 4.79 Å². The van der Waals surface area contributed by atoms with Crippen LogP contribution in [0, 0.1) is 0 Å². The van der Waals surface area contributed by atoms with E-state index >= 15 is 0 Å². The zero-order chi connectivity index (χ0) is 21.2. The van der Waals surface area contributed by atoms with Crippen molar-refractivity contribution in [2.24, 2.45) is 0 Å². The van der Waals surface area contributed by atoms with Gasteiger partial charge >= 0.3 is 6.18 Å². The second-order valence-corrected chi connectivity index (χ2v) is 8.71. The largest absolute Gasteiger partial charge is 0.416 e. The van der Waals surface area contributed by atoms with Crippen molar-refractivity contribution >= 4 is 15.9 Å². The Balaban J connectivity index is 1.70. The zero-order valence-electron chi connectivity index (χ0n) is 15.8. The molecule has 9 heteroatoms. The maximum Gasteiger partial charge on any atom is 0.416 e. The summed E-state index contributed by atoms with van der Waals surface area (Å²) >= 11 is 0. The van der Waals surface area contributed by atoms with Gasteiger partial charge in [0.05, 0.1) is 10.5 Å². The lowest BCUT2D eigenvalue weighted by Crippen LogP contribution is -2.50. The normalized spacial score (nSPS) is 16.1. The smallest absolute Gasteiger partial charge is 0.336 e. The fourth-order valence-corrected chi connectivity index (χ4v) is 4.65. The van der Waals surface area contributed by atoms with Gasteiger partial charge in [0, 0.05) is 31.7 Å². The van der Waals surface area contributed by atoms with Gasteiger partial charge in [0.1, 0.15) is 0 Å². The number of carbonyl (C=O) groups excluding carboxylic acids is 1. The number of aryl methyl sites for hydroxylation is 1. The van der Waals surface area contributed by atoms with Crippen LogP contribution in [0.5, 0.6) is 0 Å². The number of piperazine rings is 1. The molecule has 1 saturated heterocycles. The minimum absolute atomic E-state index is 0.0252. The number of benzene rings is 2. The predicted molar refractivity (Wildman–Crippen MR) is 102 cm³/mol. The van der Waals surface area contributed by atoms with E-state index in [9.17, 15) is 26.4 Å². The van der Waals surface area contributed by atoms with Gasteiger partial charge in [0.2, 0.25) is 10.0 Å². The molecular weight excluding hydrogens is 405 g/mol. The quantitative estimate of drug-likeness (QED) is 0.753. The maximum absolute atomic E-state index is 12.9. The van der Waals surface area contributed by atoms with Crippen LogP contribution in [0.15, 0.2) is 53.4 Å². The Kier molecular flexibility index (Phi) is 6.00. The van der Waals surface area contributed by atoms with E-state index in [0.29, 0.717) is 11.6 Å². The van der Waals surface area contributed by atoms with Crippen molar-refractivity contribution in [1.82, 2.24) is 9.21 Å². The van der Waals surface area contributed by atoms with E-state index in [-0.39, 0.29) is 32.1 Å². The lowest BCUT2D eigenvalue weighted by Gasteiger charge is -2.34. The molecule has 0 unspecified atom stereocenters. The van der Waals surface area contributed by atoms with Gasteiger partial charge in [-0.2, -0.15) is 17.5 Å². The van der Waals surface area contributed by atoms with Crippen LogP contribution < -0.4 is 0 Å². The molecule has 1 amide bonds. The van der Waals surface area contributed by atoms with Crippen LogP contribution >= 0.6 is 0 Å². The molecule has 156 valence electrons. The predicted octanol–water partition coefficient (Wildman–Crippen LogP) is 3.41. The molecule has 3 rings (SSSR count). The van der Waals surface area contributed by atoms with Crippen molar-refractivity contribution < 1.29 is 26.4 Å². The molecule has 0 N–H and O–H groups in total. The molecule has 1 heterocycles. The summed E-state index contributed by atoms with van der Waals surface area (Å²) in [7, 11) is -4.07. The van der Waals surface area contributed by atoms with Gasteiger partial charge in [0.15, 0.2) is 0 Å². The molecule has 0 saturated carbocycles. The minimum atomic E-state index is -4.62. The summed E-state index contributed by atoms with van der Waals surface area (Å²) in [6.07, 6.45) is -3.76. The molecule has 5 nitrogen and oxygen atoms in total. The van der Waals surface area contributed by atoms with Gasteiger partial charge in [-0.25, -0.2) is 8.42 Å². The van der Waals surface area contributed by atoms with Crippen LogP contribution in [0.1, 0.15) is 28.4 Å². The second-order valence-electron chi connectivity index (χ2n) is 6.77. The van der Waals surface area contributed by atoms with E-state index in [0.717, 1.165) is 34.5 Å². The van der Waals surface area contributed by atoms with Gasteiger partial charge < -0.3 is 4.90 Å². The summed E-state index contributed by atoms with van der Waals surface area (Å²) in [5, 5.41) is 0. The lowest BCUT2D eigenvalue weighted by molar-refractivity contribution is -0.137. The van der Waals surface area contributed by atoms with Crippen molar-refractivity contribution in [1.29, 1.82) is 0 Å². The zero-order valence-corrected chi connectivity index (χ0v) is 16.6. The van der Waals surface area contributed by atoms with Gasteiger partial charge in [0.25, 0.3) is 5.91 Å². The van der Waals surface area contributed by atoms with Gasteiger partial charge in [-0.1, -0.05) is 25.1 Å². The van der Waals surface area contributed by atoms with Crippen LogP contribution in [-0.4, -0.2) is 49.7 Å². The first-order chi connectivity index (χ1) is 13.6. The molecule has 1 fully saturated rings. The third-order valence-corrected chi connectivity index (χ3v) is 6.83. The molecule has 0 atom stereocenters. The molecule has 2 aromatic carbocycles. The average Bonchev–Trinajstić information content (AvgIpc) is 2.73. The average molecular weight is 426 g/mol. The number of carbonyl (C=O) groups is 1. The van der Waals surface area contributed by atoms with Crippen LogP contribution in [-0.2, 0) is 22.6 Å². The Morgan fingerprint density at radius 2 is 1.62 bits per heavy atom. The van der Waals surface area contributed by atoms with E-state index in [4.69, 9.17) is 0 Å². The third kappa shape index (κ3) is 4.62. The highest BCUT2D eigenvalue weighted by molar-refractivity contribution is 7.89. The second kappa shape index (κ2) is 8.16. The summed E-state index contributed by atoms with van der Waals surface area (Å²) in [5.41, 5.74) is 0.623. The summed E-state index contributed by atoms with van der Waals surface area (Å²) in [5.74, 6) is -0.191. The first-order valence-corrected chi connectivity index (χ1v) is 10.6. The fraction of sp³-hybridized carbons (Fsp3) is 0.350. The molecule has 0 spiro atoms.